The summed E-state index contributed by atoms with van der Waals surface area (Å²) in [5.74, 6) is 3.44. The van der Waals surface area contributed by atoms with E-state index in [1.807, 2.05) is 0 Å². The van der Waals surface area contributed by atoms with Gasteiger partial charge in [0.25, 0.3) is 0 Å². The molecular formula is C17H24BrNO2. The Kier molecular flexibility index (Phi) is 5.07. The lowest BCUT2D eigenvalue weighted by molar-refractivity contribution is 0.170. The first kappa shape index (κ1) is 15.2. The summed E-state index contributed by atoms with van der Waals surface area (Å²) in [7, 11) is 0. The zero-order valence-electron chi connectivity index (χ0n) is 12.7. The van der Waals surface area contributed by atoms with E-state index in [-0.39, 0.29) is 0 Å². The summed E-state index contributed by atoms with van der Waals surface area (Å²) in [5, 5.41) is 3.61. The average Bonchev–Trinajstić information content (AvgIpc) is 2.47. The Labute approximate surface area is 135 Å². The van der Waals surface area contributed by atoms with E-state index >= 15 is 0 Å². The molecule has 1 N–H and O–H groups in total. The largest absolute Gasteiger partial charge is 0.486 e. The van der Waals surface area contributed by atoms with E-state index in [0.29, 0.717) is 13.2 Å². The summed E-state index contributed by atoms with van der Waals surface area (Å²) < 4.78 is 12.3. The van der Waals surface area contributed by atoms with Crippen LogP contribution >= 0.6 is 15.9 Å². The number of nitrogens with one attached hydrogen (secondary N) is 1. The van der Waals surface area contributed by atoms with Crippen LogP contribution in [0, 0.1) is 11.8 Å². The smallest absolute Gasteiger partial charge is 0.175 e. The second-order valence-electron chi connectivity index (χ2n) is 6.37. The molecule has 0 bridgehead atoms. The van der Waals surface area contributed by atoms with Gasteiger partial charge < -0.3 is 14.8 Å². The van der Waals surface area contributed by atoms with Crippen molar-refractivity contribution in [2.45, 2.75) is 39.2 Å². The van der Waals surface area contributed by atoms with Crippen LogP contribution in [0.4, 0.5) is 0 Å². The third-order valence-electron chi connectivity index (χ3n) is 4.46. The molecule has 3 nitrogen and oxygen atoms in total. The lowest BCUT2D eigenvalue weighted by Crippen LogP contribution is -2.26. The molecule has 21 heavy (non-hydrogen) atoms. The summed E-state index contributed by atoms with van der Waals surface area (Å²) in [6.45, 7) is 5.65. The van der Waals surface area contributed by atoms with Crippen molar-refractivity contribution in [2.24, 2.45) is 11.8 Å². The van der Waals surface area contributed by atoms with Crippen LogP contribution < -0.4 is 14.8 Å². The number of halogens is 1. The van der Waals surface area contributed by atoms with Crippen LogP contribution in [0.5, 0.6) is 11.5 Å². The Balaban J connectivity index is 1.54. The highest BCUT2D eigenvalue weighted by Gasteiger charge is 2.19. The predicted octanol–water partition coefficient (Wildman–Crippen LogP) is 4.14. The highest BCUT2D eigenvalue weighted by atomic mass is 79.9. The van der Waals surface area contributed by atoms with Gasteiger partial charge in [-0.3, -0.25) is 0 Å². The van der Waals surface area contributed by atoms with E-state index in [1.165, 1.54) is 31.2 Å². The van der Waals surface area contributed by atoms with Crippen LogP contribution in [-0.2, 0) is 6.54 Å². The molecule has 1 aliphatic carbocycles. The first-order chi connectivity index (χ1) is 10.2. The first-order valence-electron chi connectivity index (χ1n) is 8.01. The van der Waals surface area contributed by atoms with E-state index in [2.05, 4.69) is 40.3 Å². The molecule has 1 aromatic rings. The van der Waals surface area contributed by atoms with Gasteiger partial charge in [-0.1, -0.05) is 19.8 Å². The summed E-state index contributed by atoms with van der Waals surface area (Å²) in [6.07, 6.45) is 5.55. The molecule has 1 heterocycles. The number of hydrogen-bond donors (Lipinski definition) is 1. The number of fused-ring (bicyclic) bond motifs is 1. The fraction of sp³-hybridized carbons (Fsp3) is 0.647. The van der Waals surface area contributed by atoms with E-state index in [9.17, 15) is 0 Å². The summed E-state index contributed by atoms with van der Waals surface area (Å²) >= 11 is 3.58. The maximum atomic E-state index is 5.67. The Morgan fingerprint density at radius 2 is 2.10 bits per heavy atom. The molecule has 0 saturated heterocycles. The van der Waals surface area contributed by atoms with E-state index < -0.39 is 0 Å². The summed E-state index contributed by atoms with van der Waals surface area (Å²) in [6, 6.07) is 4.22. The van der Waals surface area contributed by atoms with Gasteiger partial charge in [0.1, 0.15) is 13.2 Å². The minimum Gasteiger partial charge on any atom is -0.486 e. The van der Waals surface area contributed by atoms with Crippen LogP contribution in [0.1, 0.15) is 38.2 Å². The van der Waals surface area contributed by atoms with Crippen LogP contribution in [-0.4, -0.2) is 19.8 Å². The minimum absolute atomic E-state index is 0.628. The zero-order valence-corrected chi connectivity index (χ0v) is 14.2. The van der Waals surface area contributed by atoms with Gasteiger partial charge in [0, 0.05) is 6.54 Å². The van der Waals surface area contributed by atoms with Gasteiger partial charge in [-0.2, -0.15) is 0 Å². The summed E-state index contributed by atoms with van der Waals surface area (Å²) in [5.41, 5.74) is 1.25. The summed E-state index contributed by atoms with van der Waals surface area (Å²) in [4.78, 5) is 0. The van der Waals surface area contributed by atoms with Gasteiger partial charge in [-0.15, -0.1) is 0 Å². The molecule has 1 fully saturated rings. The maximum absolute atomic E-state index is 5.67. The van der Waals surface area contributed by atoms with E-state index in [4.69, 9.17) is 9.47 Å². The molecule has 2 unspecified atom stereocenters. The molecule has 0 amide bonds. The zero-order chi connectivity index (χ0) is 14.7. The normalized spacial score (nSPS) is 24.9. The van der Waals surface area contributed by atoms with E-state index in [0.717, 1.165) is 40.9 Å². The molecule has 1 saturated carbocycles. The molecular weight excluding hydrogens is 330 g/mol. The lowest BCUT2D eigenvalue weighted by Gasteiger charge is -2.27. The van der Waals surface area contributed by atoms with Gasteiger partial charge in [0.15, 0.2) is 11.5 Å². The Hall–Kier alpha value is -0.740. The number of ether oxygens (including phenoxy) is 2. The van der Waals surface area contributed by atoms with Crippen LogP contribution in [0.25, 0.3) is 0 Å². The maximum Gasteiger partial charge on any atom is 0.175 e. The molecule has 1 aliphatic heterocycles. The van der Waals surface area contributed by atoms with Gasteiger partial charge in [-0.05, 0) is 64.8 Å². The number of hydrogen-bond acceptors (Lipinski definition) is 3. The number of rotatable bonds is 4. The quantitative estimate of drug-likeness (QED) is 0.882. The Morgan fingerprint density at radius 3 is 2.95 bits per heavy atom. The molecule has 116 valence electrons. The van der Waals surface area contributed by atoms with Crippen molar-refractivity contribution in [3.8, 4) is 11.5 Å². The predicted molar refractivity (Wildman–Crippen MR) is 88.0 cm³/mol. The van der Waals surface area contributed by atoms with Crippen molar-refractivity contribution in [3.63, 3.8) is 0 Å². The van der Waals surface area contributed by atoms with Crippen LogP contribution in [0.3, 0.4) is 0 Å². The Bertz CT molecular complexity index is 492. The van der Waals surface area contributed by atoms with Gasteiger partial charge in [0.2, 0.25) is 0 Å². The second-order valence-corrected chi connectivity index (χ2v) is 7.22. The molecule has 0 aromatic heterocycles. The van der Waals surface area contributed by atoms with E-state index in [1.54, 1.807) is 0 Å². The third kappa shape index (κ3) is 3.92. The van der Waals surface area contributed by atoms with Crippen molar-refractivity contribution in [2.75, 3.05) is 19.8 Å². The fourth-order valence-electron chi connectivity index (χ4n) is 3.43. The fourth-order valence-corrected chi connectivity index (χ4v) is 4.04. The van der Waals surface area contributed by atoms with Crippen LogP contribution in [0.15, 0.2) is 16.6 Å². The van der Waals surface area contributed by atoms with Gasteiger partial charge in [0.05, 0.1) is 4.47 Å². The van der Waals surface area contributed by atoms with Crippen molar-refractivity contribution in [1.82, 2.24) is 5.32 Å². The lowest BCUT2D eigenvalue weighted by atomic mass is 9.82. The third-order valence-corrected chi connectivity index (χ3v) is 5.05. The molecule has 2 aliphatic rings. The molecule has 3 rings (SSSR count). The standard InChI is InChI=1S/C17H24BrNO2/c1-12-3-2-4-13(7-12)10-19-11-14-8-15(18)17-16(9-14)20-5-6-21-17/h8-9,12-13,19H,2-7,10-11H2,1H3. The van der Waals surface area contributed by atoms with Crippen LogP contribution in [0.2, 0.25) is 0 Å². The molecule has 0 spiro atoms. The first-order valence-corrected chi connectivity index (χ1v) is 8.80. The highest BCUT2D eigenvalue weighted by molar-refractivity contribution is 9.10. The topological polar surface area (TPSA) is 30.5 Å². The Morgan fingerprint density at radius 1 is 1.24 bits per heavy atom. The molecule has 2 atom stereocenters. The molecule has 0 radical (unpaired) electrons. The van der Waals surface area contributed by atoms with Crippen molar-refractivity contribution < 1.29 is 9.47 Å². The minimum atomic E-state index is 0.628. The second kappa shape index (κ2) is 7.01. The van der Waals surface area contributed by atoms with Crippen molar-refractivity contribution in [1.29, 1.82) is 0 Å². The molecule has 1 aromatic carbocycles. The highest BCUT2D eigenvalue weighted by Crippen LogP contribution is 2.38. The van der Waals surface area contributed by atoms with Gasteiger partial charge >= 0.3 is 0 Å². The SMILES string of the molecule is CC1CCCC(CNCc2cc(Br)c3c(c2)OCCO3)C1. The van der Waals surface area contributed by atoms with Gasteiger partial charge in [-0.25, -0.2) is 0 Å². The van der Waals surface area contributed by atoms with Crippen molar-refractivity contribution in [3.05, 3.63) is 22.2 Å². The average molecular weight is 354 g/mol. The monoisotopic (exact) mass is 353 g/mol. The molecule has 4 heteroatoms. The number of benzene rings is 1. The van der Waals surface area contributed by atoms with Crippen molar-refractivity contribution >= 4 is 15.9 Å².